The van der Waals surface area contributed by atoms with E-state index in [0.29, 0.717) is 29.0 Å². The van der Waals surface area contributed by atoms with E-state index in [0.717, 1.165) is 25.7 Å². The van der Waals surface area contributed by atoms with Crippen LogP contribution in [-0.2, 0) is 33.4 Å². The summed E-state index contributed by atoms with van der Waals surface area (Å²) >= 11 is 8.71. The Bertz CT molecular complexity index is 1030. The number of allylic oxidation sites excluding steroid dienone is 4. The molecular weight excluding hydrogens is 752 g/mol. The number of rotatable bonds is 9. The van der Waals surface area contributed by atoms with E-state index in [-0.39, 0.29) is 58.7 Å². The average molecular weight is 799 g/mol. The molecule has 4 aliphatic rings. The molecule has 0 saturated heterocycles. The molecule has 8 unspecified atom stereocenters. The molecule has 0 spiro atoms. The van der Waals surface area contributed by atoms with E-state index in [2.05, 4.69) is 72.1 Å². The second-order valence-corrected chi connectivity index (χ2v) is 15.7. The molecule has 8 nitrogen and oxygen atoms in total. The van der Waals surface area contributed by atoms with Crippen LogP contribution in [0.2, 0.25) is 0 Å². The van der Waals surface area contributed by atoms with Gasteiger partial charge in [0.15, 0.2) is 0 Å². The summed E-state index contributed by atoms with van der Waals surface area (Å²) in [5.74, 6) is 1.65. The van der Waals surface area contributed by atoms with Crippen molar-refractivity contribution in [2.45, 2.75) is 103 Å². The molecular formula is C32H47Br3O8. The molecule has 8 atom stereocenters. The van der Waals surface area contributed by atoms with Crippen molar-refractivity contribution in [3.05, 3.63) is 24.3 Å². The van der Waals surface area contributed by atoms with E-state index in [9.17, 15) is 24.3 Å². The first-order valence-corrected chi connectivity index (χ1v) is 17.9. The summed E-state index contributed by atoms with van der Waals surface area (Å²) in [4.78, 5) is 45.0. The first-order valence-electron chi connectivity index (χ1n) is 14.9. The smallest absolute Gasteiger partial charge is 0.316 e. The highest BCUT2D eigenvalue weighted by Crippen LogP contribution is 2.47. The summed E-state index contributed by atoms with van der Waals surface area (Å²) in [6.07, 6.45) is 12.5. The summed E-state index contributed by atoms with van der Waals surface area (Å²) in [5.41, 5.74) is -0.985. The minimum absolute atomic E-state index is 0.0162. The zero-order chi connectivity index (χ0) is 32.5. The molecule has 0 aromatic carbocycles. The monoisotopic (exact) mass is 796 g/mol. The zero-order valence-corrected chi connectivity index (χ0v) is 30.8. The van der Waals surface area contributed by atoms with Gasteiger partial charge in [0.1, 0.15) is 22.6 Å². The molecule has 2 fully saturated rings. The Morgan fingerprint density at radius 3 is 1.51 bits per heavy atom. The van der Waals surface area contributed by atoms with Gasteiger partial charge >= 0.3 is 17.9 Å². The fourth-order valence-corrected chi connectivity index (χ4v) is 6.38. The average Bonchev–Trinajstić information content (AvgIpc) is 3.69. The SMILES string of the molecule is CC(C)(C)OC(=O)CC(O)C1CC2C=CC1C2.CC(C)(C)OC(=O)CC(OC(=O)CBr)C1CC2C=CC1C2.O=C(Br)CBr. The third kappa shape index (κ3) is 13.9. The number of ether oxygens (including phenoxy) is 3. The molecule has 244 valence electrons. The van der Waals surface area contributed by atoms with Gasteiger partial charge in [0.25, 0.3) is 0 Å². The molecule has 11 heteroatoms. The van der Waals surface area contributed by atoms with Gasteiger partial charge in [-0.25, -0.2) is 0 Å². The molecule has 43 heavy (non-hydrogen) atoms. The summed E-state index contributed by atoms with van der Waals surface area (Å²) in [7, 11) is 0. The molecule has 0 aromatic heterocycles. The molecule has 2 saturated carbocycles. The van der Waals surface area contributed by atoms with Crippen LogP contribution in [0.3, 0.4) is 0 Å². The van der Waals surface area contributed by atoms with Crippen molar-refractivity contribution in [3.8, 4) is 0 Å². The van der Waals surface area contributed by atoms with Crippen molar-refractivity contribution in [2.24, 2.45) is 35.5 Å². The second kappa shape index (κ2) is 17.0. The van der Waals surface area contributed by atoms with E-state index >= 15 is 0 Å². The lowest BCUT2D eigenvalue weighted by molar-refractivity contribution is -0.163. The number of fused-ring (bicyclic) bond motifs is 4. The first-order chi connectivity index (χ1) is 19.9. The summed E-state index contributed by atoms with van der Waals surface area (Å²) in [5, 5.41) is 10.6. The lowest BCUT2D eigenvalue weighted by Gasteiger charge is -2.29. The molecule has 4 rings (SSSR count). The Morgan fingerprint density at radius 1 is 0.721 bits per heavy atom. The van der Waals surface area contributed by atoms with Crippen LogP contribution in [0.25, 0.3) is 0 Å². The second-order valence-electron chi connectivity index (χ2n) is 13.7. The van der Waals surface area contributed by atoms with Crippen LogP contribution in [0.4, 0.5) is 0 Å². The Morgan fingerprint density at radius 2 is 1.16 bits per heavy atom. The van der Waals surface area contributed by atoms with Gasteiger partial charge in [-0.15, -0.1) is 0 Å². The topological polar surface area (TPSA) is 116 Å². The van der Waals surface area contributed by atoms with Crippen molar-refractivity contribution in [1.82, 2.24) is 0 Å². The molecule has 0 aliphatic heterocycles. The fraction of sp³-hybridized carbons (Fsp3) is 0.750. The quantitative estimate of drug-likeness (QED) is 0.0888. The van der Waals surface area contributed by atoms with Gasteiger partial charge in [0.2, 0.25) is 4.69 Å². The normalized spacial score (nSPS) is 27.8. The summed E-state index contributed by atoms with van der Waals surface area (Å²) in [6, 6.07) is 0. The number of hydrogen-bond acceptors (Lipinski definition) is 8. The highest BCUT2D eigenvalue weighted by molar-refractivity contribution is 9.19. The fourth-order valence-electron chi connectivity index (χ4n) is 6.25. The molecule has 0 aromatic rings. The Balaban J connectivity index is 0.000000264. The van der Waals surface area contributed by atoms with Crippen molar-refractivity contribution >= 4 is 70.4 Å². The van der Waals surface area contributed by atoms with Crippen molar-refractivity contribution in [1.29, 1.82) is 0 Å². The minimum atomic E-state index is -0.551. The van der Waals surface area contributed by atoms with Crippen LogP contribution < -0.4 is 0 Å². The van der Waals surface area contributed by atoms with Gasteiger partial charge in [-0.3, -0.25) is 19.2 Å². The van der Waals surface area contributed by atoms with Crippen LogP contribution in [0, 0.1) is 35.5 Å². The molecule has 4 aliphatic carbocycles. The number of alkyl halides is 2. The van der Waals surface area contributed by atoms with Crippen molar-refractivity contribution in [2.75, 3.05) is 10.7 Å². The van der Waals surface area contributed by atoms with Gasteiger partial charge in [0.05, 0.1) is 24.3 Å². The van der Waals surface area contributed by atoms with Gasteiger partial charge < -0.3 is 19.3 Å². The Hall–Kier alpha value is -1.04. The van der Waals surface area contributed by atoms with Crippen LogP contribution in [0.5, 0.6) is 0 Å². The zero-order valence-electron chi connectivity index (χ0n) is 26.0. The predicted octanol–water partition coefficient (Wildman–Crippen LogP) is 6.83. The molecule has 0 radical (unpaired) electrons. The maximum atomic E-state index is 12.1. The van der Waals surface area contributed by atoms with E-state index in [4.69, 9.17) is 14.2 Å². The summed E-state index contributed by atoms with van der Waals surface area (Å²) in [6.45, 7) is 11.0. The number of aliphatic hydroxyl groups excluding tert-OH is 1. The lowest BCUT2D eigenvalue weighted by Crippen LogP contribution is -2.34. The summed E-state index contributed by atoms with van der Waals surface area (Å²) < 4.78 is 16.1. The van der Waals surface area contributed by atoms with Crippen molar-refractivity contribution < 1.29 is 38.5 Å². The molecule has 4 bridgehead atoms. The maximum absolute atomic E-state index is 12.1. The number of esters is 3. The van der Waals surface area contributed by atoms with Crippen LogP contribution in [0.15, 0.2) is 24.3 Å². The van der Waals surface area contributed by atoms with E-state index < -0.39 is 17.3 Å². The lowest BCUT2D eigenvalue weighted by atomic mass is 9.87. The Labute approximate surface area is 281 Å². The molecule has 0 heterocycles. The van der Waals surface area contributed by atoms with Crippen LogP contribution >= 0.6 is 47.8 Å². The van der Waals surface area contributed by atoms with Crippen LogP contribution in [0.1, 0.15) is 80.1 Å². The number of carbonyl (C=O) groups excluding carboxylic acids is 4. The van der Waals surface area contributed by atoms with Gasteiger partial charge in [0, 0.05) is 5.92 Å². The van der Waals surface area contributed by atoms with E-state index in [1.807, 2.05) is 41.5 Å². The minimum Gasteiger partial charge on any atom is -0.461 e. The number of halogens is 3. The predicted molar refractivity (Wildman–Crippen MR) is 176 cm³/mol. The number of aliphatic hydroxyl groups is 1. The number of hydrogen-bond donors (Lipinski definition) is 1. The van der Waals surface area contributed by atoms with Gasteiger partial charge in [-0.05, 0) is 113 Å². The molecule has 1 N–H and O–H groups in total. The first kappa shape index (κ1) is 38.1. The highest BCUT2D eigenvalue weighted by atomic mass is 79.9. The third-order valence-corrected chi connectivity index (χ3v) is 9.71. The largest absolute Gasteiger partial charge is 0.461 e. The maximum Gasteiger partial charge on any atom is 0.316 e. The van der Waals surface area contributed by atoms with Gasteiger partial charge in [-0.2, -0.15) is 0 Å². The van der Waals surface area contributed by atoms with Gasteiger partial charge in [-0.1, -0.05) is 56.2 Å². The van der Waals surface area contributed by atoms with E-state index in [1.54, 1.807) is 0 Å². The standard InChI is InChI=1S/C16H23BrO4.C14H22O3.C2H2Br2O/c1-16(2,3)21-14(18)8-13(20-15(19)9-17)12-7-10-4-5-11(12)6-10;1-14(2,3)17-13(16)8-12(15)11-7-9-4-5-10(11)6-9;3-1-2(4)5/h4-5,10-13H,6-9H2,1-3H3;4-5,9-12,15H,6-8H2,1-3H3;1H2. The highest BCUT2D eigenvalue weighted by Gasteiger charge is 2.43. The molecule has 0 amide bonds. The van der Waals surface area contributed by atoms with Crippen molar-refractivity contribution in [3.63, 3.8) is 0 Å². The number of carbonyl (C=O) groups is 4. The third-order valence-electron chi connectivity index (χ3n) is 7.71. The van der Waals surface area contributed by atoms with E-state index in [1.165, 1.54) is 0 Å². The Kier molecular flexibility index (Phi) is 15.1. The van der Waals surface area contributed by atoms with Crippen LogP contribution in [-0.4, -0.2) is 61.8 Å².